The highest BCUT2D eigenvalue weighted by Gasteiger charge is 2.33. The van der Waals surface area contributed by atoms with Crippen LogP contribution in [0, 0.1) is 6.92 Å². The van der Waals surface area contributed by atoms with Crippen LogP contribution < -0.4 is 10.6 Å². The predicted octanol–water partition coefficient (Wildman–Crippen LogP) is 4.10. The Morgan fingerprint density at radius 3 is 1.40 bits per heavy atom. The molecule has 0 bridgehead atoms. The monoisotopic (exact) mass is 684 g/mol. The average Bonchev–Trinajstić information content (AvgIpc) is 3.02. The molecule has 2 aliphatic heterocycles. The van der Waals surface area contributed by atoms with E-state index in [0.717, 1.165) is 5.56 Å². The van der Waals surface area contributed by atoms with Crippen molar-refractivity contribution in [1.29, 1.82) is 0 Å². The number of sulfonamides is 2. The van der Waals surface area contributed by atoms with Gasteiger partial charge in [0.05, 0.1) is 34.2 Å². The molecule has 2 amide bonds. The lowest BCUT2D eigenvalue weighted by molar-refractivity contribution is -0.0442. The molecule has 0 saturated carbocycles. The maximum Gasteiger partial charge on any atom is 0.255 e. The first-order valence-electron chi connectivity index (χ1n) is 15.4. The van der Waals surface area contributed by atoms with Crippen LogP contribution in [0.15, 0.2) is 76.5 Å². The molecule has 0 aliphatic carbocycles. The molecule has 4 atom stereocenters. The number of benzene rings is 3. The van der Waals surface area contributed by atoms with Crippen molar-refractivity contribution in [2.75, 3.05) is 36.8 Å². The van der Waals surface area contributed by atoms with Crippen molar-refractivity contribution in [3.8, 4) is 0 Å². The van der Waals surface area contributed by atoms with Gasteiger partial charge in [-0.25, -0.2) is 16.8 Å². The number of morpholine rings is 2. The summed E-state index contributed by atoms with van der Waals surface area (Å²) in [5.41, 5.74) is 2.13. The fourth-order valence-electron chi connectivity index (χ4n) is 5.74. The minimum Gasteiger partial charge on any atom is -0.373 e. The molecule has 5 rings (SSSR count). The summed E-state index contributed by atoms with van der Waals surface area (Å²) in [5.74, 6) is -0.903. The number of nitrogens with zero attached hydrogens (tertiary/aromatic N) is 2. The van der Waals surface area contributed by atoms with E-state index in [9.17, 15) is 26.4 Å². The van der Waals surface area contributed by atoms with Crippen molar-refractivity contribution in [3.05, 3.63) is 83.4 Å². The quantitative estimate of drug-likeness (QED) is 0.360. The second-order valence-electron chi connectivity index (χ2n) is 12.1. The number of hydrogen-bond acceptors (Lipinski definition) is 8. The van der Waals surface area contributed by atoms with E-state index in [1.54, 1.807) is 25.1 Å². The first-order valence-corrected chi connectivity index (χ1v) is 18.3. The van der Waals surface area contributed by atoms with E-state index >= 15 is 0 Å². The highest BCUT2D eigenvalue weighted by molar-refractivity contribution is 7.89. The number of nitrogens with one attached hydrogen (secondary N) is 2. The first-order chi connectivity index (χ1) is 22.1. The summed E-state index contributed by atoms with van der Waals surface area (Å²) < 4.78 is 66.8. The minimum atomic E-state index is -3.75. The number of anilines is 2. The summed E-state index contributed by atoms with van der Waals surface area (Å²) >= 11 is 0. The zero-order valence-corrected chi connectivity index (χ0v) is 28.6. The summed E-state index contributed by atoms with van der Waals surface area (Å²) in [6, 6.07) is 16.5. The van der Waals surface area contributed by atoms with Crippen LogP contribution in [0.5, 0.6) is 0 Å². The molecule has 2 aliphatic rings. The number of carbonyl (C=O) groups is 2. The van der Waals surface area contributed by atoms with Crippen molar-refractivity contribution < 1.29 is 35.9 Å². The van der Waals surface area contributed by atoms with Gasteiger partial charge in [-0.3, -0.25) is 9.59 Å². The van der Waals surface area contributed by atoms with E-state index in [1.165, 1.54) is 57.1 Å². The zero-order valence-electron chi connectivity index (χ0n) is 27.0. The molecular weight excluding hydrogens is 645 g/mol. The Labute approximate surface area is 276 Å². The zero-order chi connectivity index (χ0) is 34.1. The Balaban J connectivity index is 1.23. The number of aryl methyl sites for hydroxylation is 1. The first kappa shape index (κ1) is 34.7. The van der Waals surface area contributed by atoms with Gasteiger partial charge >= 0.3 is 0 Å². The Kier molecular flexibility index (Phi) is 10.2. The van der Waals surface area contributed by atoms with Gasteiger partial charge in [0.2, 0.25) is 20.0 Å². The largest absolute Gasteiger partial charge is 0.373 e. The normalized spacial score (nSPS) is 22.8. The van der Waals surface area contributed by atoms with E-state index in [-0.39, 0.29) is 71.5 Å². The highest BCUT2D eigenvalue weighted by atomic mass is 32.2. The summed E-state index contributed by atoms with van der Waals surface area (Å²) in [6.07, 6.45) is -0.886. The smallest absolute Gasteiger partial charge is 0.255 e. The minimum absolute atomic E-state index is 0.0895. The van der Waals surface area contributed by atoms with Crippen LogP contribution >= 0.6 is 0 Å². The maximum absolute atomic E-state index is 13.2. The number of amides is 2. The molecule has 3 aromatic rings. The maximum atomic E-state index is 13.2. The lowest BCUT2D eigenvalue weighted by Gasteiger charge is -2.34. The third kappa shape index (κ3) is 7.91. The SMILES string of the molecule is Cc1ccc(NC(=O)c2ccc(S(=O)(=O)N3C[C@@H](C)O[C@@H](C)C3)cc2)cc1NC(=O)c1ccc(S(=O)(=O)N2C[C@@H](C)O[C@H](C)C2)cc1. The second-order valence-corrected chi connectivity index (χ2v) is 16.0. The van der Waals surface area contributed by atoms with Gasteiger partial charge in [-0.15, -0.1) is 0 Å². The molecule has 2 N–H and O–H groups in total. The van der Waals surface area contributed by atoms with Crippen molar-refractivity contribution >= 4 is 43.2 Å². The summed E-state index contributed by atoms with van der Waals surface area (Å²) in [7, 11) is -7.50. The molecule has 47 heavy (non-hydrogen) atoms. The van der Waals surface area contributed by atoms with Crippen molar-refractivity contribution in [2.24, 2.45) is 0 Å². The number of carbonyl (C=O) groups excluding carboxylic acids is 2. The Bertz CT molecular complexity index is 1830. The second kappa shape index (κ2) is 13.8. The van der Waals surface area contributed by atoms with Crippen LogP contribution in [0.4, 0.5) is 11.4 Å². The molecule has 2 fully saturated rings. The highest BCUT2D eigenvalue weighted by Crippen LogP contribution is 2.25. The molecule has 252 valence electrons. The topological polar surface area (TPSA) is 151 Å². The molecule has 12 nitrogen and oxygen atoms in total. The van der Waals surface area contributed by atoms with Crippen molar-refractivity contribution in [3.63, 3.8) is 0 Å². The number of hydrogen-bond donors (Lipinski definition) is 2. The van der Waals surface area contributed by atoms with Gasteiger partial charge in [0.25, 0.3) is 11.8 Å². The Morgan fingerprint density at radius 2 is 1.00 bits per heavy atom. The third-order valence-corrected chi connectivity index (χ3v) is 11.7. The Hall–Kier alpha value is -3.66. The molecule has 0 radical (unpaired) electrons. The van der Waals surface area contributed by atoms with E-state index in [4.69, 9.17) is 9.47 Å². The number of ether oxygens (including phenoxy) is 2. The fraction of sp³-hybridized carbons (Fsp3) is 0.394. The summed E-state index contributed by atoms with van der Waals surface area (Å²) in [4.78, 5) is 26.3. The standard InChI is InChI=1S/C33H40N4O8S2/c1-21-6-11-28(34-32(38)26-7-12-29(13-8-26)46(40,41)36-17-22(2)44-23(3)18-36)16-31(21)35-33(39)27-9-14-30(15-10-27)47(42,43)37-19-24(4)45-25(5)20-37/h6-16,22-25H,17-20H2,1-5H3,(H,34,38)(H,35,39)/t22-,23+,24-,25-/m1/s1. The molecule has 2 saturated heterocycles. The summed E-state index contributed by atoms with van der Waals surface area (Å²) in [5, 5.41) is 5.61. The van der Waals surface area contributed by atoms with Crippen LogP contribution in [-0.4, -0.2) is 87.9 Å². The van der Waals surface area contributed by atoms with Crippen LogP contribution in [0.2, 0.25) is 0 Å². The predicted molar refractivity (Wildman–Crippen MR) is 178 cm³/mol. The van der Waals surface area contributed by atoms with Gasteiger partial charge in [0.15, 0.2) is 0 Å². The molecule has 0 aromatic heterocycles. The van der Waals surface area contributed by atoms with Gasteiger partial charge < -0.3 is 20.1 Å². The van der Waals surface area contributed by atoms with E-state index in [1.807, 2.05) is 27.7 Å². The van der Waals surface area contributed by atoms with Crippen molar-refractivity contribution in [1.82, 2.24) is 8.61 Å². The molecule has 0 unspecified atom stereocenters. The molecule has 14 heteroatoms. The van der Waals surface area contributed by atoms with Crippen LogP contribution in [0.3, 0.4) is 0 Å². The fourth-order valence-corrected chi connectivity index (χ4v) is 8.92. The lowest BCUT2D eigenvalue weighted by atomic mass is 10.1. The average molecular weight is 685 g/mol. The Morgan fingerprint density at radius 1 is 0.617 bits per heavy atom. The van der Waals surface area contributed by atoms with E-state index in [0.29, 0.717) is 11.4 Å². The van der Waals surface area contributed by atoms with E-state index < -0.39 is 31.9 Å². The van der Waals surface area contributed by atoms with Gasteiger partial charge in [-0.2, -0.15) is 8.61 Å². The van der Waals surface area contributed by atoms with Crippen LogP contribution in [0.25, 0.3) is 0 Å². The van der Waals surface area contributed by atoms with Gasteiger partial charge in [-0.1, -0.05) is 6.07 Å². The van der Waals surface area contributed by atoms with Crippen LogP contribution in [-0.2, 0) is 29.5 Å². The third-order valence-electron chi connectivity index (χ3n) is 8.02. The van der Waals surface area contributed by atoms with Crippen LogP contribution in [0.1, 0.15) is 54.0 Å². The molecule has 2 heterocycles. The number of rotatable bonds is 8. The molecule has 0 spiro atoms. The molecular formula is C33H40N4O8S2. The summed E-state index contributed by atoms with van der Waals surface area (Å²) in [6.45, 7) is 10.1. The lowest BCUT2D eigenvalue weighted by Crippen LogP contribution is -2.48. The van der Waals surface area contributed by atoms with E-state index in [2.05, 4.69) is 10.6 Å². The molecule has 3 aromatic carbocycles. The van der Waals surface area contributed by atoms with Gasteiger partial charge in [-0.05, 0) is 101 Å². The van der Waals surface area contributed by atoms with Gasteiger partial charge in [0, 0.05) is 48.7 Å². The van der Waals surface area contributed by atoms with Gasteiger partial charge in [0.1, 0.15) is 0 Å². The van der Waals surface area contributed by atoms with Crippen molar-refractivity contribution in [2.45, 2.75) is 68.8 Å².